The number of carbonyl (C=O) groups is 2. The van der Waals surface area contributed by atoms with Gasteiger partial charge in [0.2, 0.25) is 5.91 Å². The molecule has 0 bridgehead atoms. The van der Waals surface area contributed by atoms with Crippen LogP contribution < -0.4 is 5.32 Å². The number of nitrogens with one attached hydrogen (secondary N) is 1. The quantitative estimate of drug-likeness (QED) is 0.941. The molecule has 2 rings (SSSR count). The maximum absolute atomic E-state index is 12.0. The van der Waals surface area contributed by atoms with E-state index in [1.54, 1.807) is 50.5 Å². The molecule has 5 heteroatoms. The van der Waals surface area contributed by atoms with Gasteiger partial charge in [-0.15, -0.1) is 0 Å². The number of nitrogens with zero attached hydrogens (tertiary/aromatic N) is 1. The molecule has 0 unspecified atom stereocenters. The molecule has 0 heterocycles. The van der Waals surface area contributed by atoms with Crippen molar-refractivity contribution >= 4 is 29.1 Å². The van der Waals surface area contributed by atoms with Crippen molar-refractivity contribution in [2.75, 3.05) is 19.4 Å². The summed E-state index contributed by atoms with van der Waals surface area (Å²) in [5.41, 5.74) is 2.02. The third-order valence-corrected chi connectivity index (χ3v) is 3.33. The largest absolute Gasteiger partial charge is 0.345 e. The number of benzene rings is 2. The van der Waals surface area contributed by atoms with Gasteiger partial charge >= 0.3 is 0 Å². The Morgan fingerprint density at radius 2 is 1.77 bits per heavy atom. The third kappa shape index (κ3) is 4.33. The second-order valence-electron chi connectivity index (χ2n) is 5.13. The van der Waals surface area contributed by atoms with E-state index in [2.05, 4.69) is 5.32 Å². The molecule has 22 heavy (non-hydrogen) atoms. The lowest BCUT2D eigenvalue weighted by atomic mass is 10.1. The first-order valence-corrected chi connectivity index (χ1v) is 7.19. The predicted octanol–water partition coefficient (Wildman–Crippen LogP) is 3.22. The van der Waals surface area contributed by atoms with E-state index in [4.69, 9.17) is 11.6 Å². The molecule has 114 valence electrons. The smallest absolute Gasteiger partial charge is 0.253 e. The Labute approximate surface area is 134 Å². The number of rotatable bonds is 4. The fraction of sp³-hybridized carbons (Fsp3) is 0.176. The van der Waals surface area contributed by atoms with Gasteiger partial charge in [0, 0.05) is 30.4 Å². The minimum Gasteiger partial charge on any atom is -0.345 e. The molecule has 0 atom stereocenters. The van der Waals surface area contributed by atoms with Crippen LogP contribution in [0, 0.1) is 0 Å². The van der Waals surface area contributed by atoms with Crippen molar-refractivity contribution in [3.8, 4) is 0 Å². The zero-order valence-electron chi connectivity index (χ0n) is 12.5. The van der Waals surface area contributed by atoms with E-state index < -0.39 is 0 Å². The summed E-state index contributed by atoms with van der Waals surface area (Å²) in [4.78, 5) is 25.4. The molecule has 0 aliphatic rings. The summed E-state index contributed by atoms with van der Waals surface area (Å²) < 4.78 is 0. The van der Waals surface area contributed by atoms with Crippen LogP contribution in [0.15, 0.2) is 48.5 Å². The Morgan fingerprint density at radius 1 is 1.09 bits per heavy atom. The lowest BCUT2D eigenvalue weighted by Crippen LogP contribution is -2.22. The van der Waals surface area contributed by atoms with Gasteiger partial charge in [0.1, 0.15) is 0 Å². The Bertz CT molecular complexity index is 681. The minimum atomic E-state index is -0.142. The summed E-state index contributed by atoms with van der Waals surface area (Å²) in [6.45, 7) is 0. The highest BCUT2D eigenvalue weighted by atomic mass is 35.5. The average Bonchev–Trinajstić information content (AvgIpc) is 2.49. The number of hydrogen-bond donors (Lipinski definition) is 1. The molecule has 0 fully saturated rings. The van der Waals surface area contributed by atoms with Crippen LogP contribution in [0.1, 0.15) is 15.9 Å². The van der Waals surface area contributed by atoms with Gasteiger partial charge in [-0.25, -0.2) is 0 Å². The molecule has 1 N–H and O–H groups in total. The van der Waals surface area contributed by atoms with Gasteiger partial charge in [0.25, 0.3) is 5.91 Å². The van der Waals surface area contributed by atoms with Crippen molar-refractivity contribution in [3.63, 3.8) is 0 Å². The van der Waals surface area contributed by atoms with Gasteiger partial charge in [-0.3, -0.25) is 9.59 Å². The molecule has 0 radical (unpaired) electrons. The van der Waals surface area contributed by atoms with Gasteiger partial charge in [0.15, 0.2) is 0 Å². The molecular formula is C17H17ClN2O2. The number of hydrogen-bond acceptors (Lipinski definition) is 2. The monoisotopic (exact) mass is 316 g/mol. The van der Waals surface area contributed by atoms with Crippen LogP contribution in [0.25, 0.3) is 0 Å². The molecule has 2 aromatic carbocycles. The predicted molar refractivity (Wildman–Crippen MR) is 88.2 cm³/mol. The molecule has 2 aromatic rings. The lowest BCUT2D eigenvalue weighted by Gasteiger charge is -2.11. The van der Waals surface area contributed by atoms with Gasteiger partial charge in [-0.1, -0.05) is 29.8 Å². The van der Waals surface area contributed by atoms with E-state index in [-0.39, 0.29) is 18.2 Å². The zero-order chi connectivity index (χ0) is 16.1. The fourth-order valence-electron chi connectivity index (χ4n) is 1.98. The lowest BCUT2D eigenvalue weighted by molar-refractivity contribution is -0.115. The van der Waals surface area contributed by atoms with Crippen LogP contribution in [-0.2, 0) is 11.2 Å². The summed E-state index contributed by atoms with van der Waals surface area (Å²) >= 11 is 5.81. The molecular weight excluding hydrogens is 300 g/mol. The topological polar surface area (TPSA) is 49.4 Å². The highest BCUT2D eigenvalue weighted by molar-refractivity contribution is 6.30. The van der Waals surface area contributed by atoms with E-state index in [0.29, 0.717) is 16.3 Å². The molecule has 0 spiro atoms. The maximum atomic E-state index is 12.0. The number of amides is 2. The summed E-state index contributed by atoms with van der Waals surface area (Å²) in [5.74, 6) is -0.245. The van der Waals surface area contributed by atoms with Gasteiger partial charge < -0.3 is 10.2 Å². The molecule has 0 saturated carbocycles. The third-order valence-electron chi connectivity index (χ3n) is 3.08. The Kier molecular flexibility index (Phi) is 5.17. The molecule has 0 aromatic heterocycles. The number of halogens is 1. The van der Waals surface area contributed by atoms with Gasteiger partial charge in [-0.05, 0) is 35.9 Å². The summed E-state index contributed by atoms with van der Waals surface area (Å²) in [6.07, 6.45) is 0.253. The summed E-state index contributed by atoms with van der Waals surface area (Å²) in [7, 11) is 3.38. The van der Waals surface area contributed by atoms with Crippen molar-refractivity contribution in [2.24, 2.45) is 0 Å². The first kappa shape index (κ1) is 16.0. The van der Waals surface area contributed by atoms with Crippen molar-refractivity contribution in [1.29, 1.82) is 0 Å². The minimum absolute atomic E-state index is 0.103. The summed E-state index contributed by atoms with van der Waals surface area (Å²) in [5, 5.41) is 3.43. The van der Waals surface area contributed by atoms with E-state index in [1.165, 1.54) is 4.90 Å². The summed E-state index contributed by atoms with van der Waals surface area (Å²) in [6, 6.07) is 14.0. The van der Waals surface area contributed by atoms with E-state index in [0.717, 1.165) is 5.56 Å². The maximum Gasteiger partial charge on any atom is 0.253 e. The van der Waals surface area contributed by atoms with Crippen molar-refractivity contribution in [3.05, 3.63) is 64.7 Å². The highest BCUT2D eigenvalue weighted by Crippen LogP contribution is 2.14. The van der Waals surface area contributed by atoms with E-state index >= 15 is 0 Å². The zero-order valence-corrected chi connectivity index (χ0v) is 13.2. The first-order valence-electron chi connectivity index (χ1n) is 6.82. The highest BCUT2D eigenvalue weighted by Gasteiger charge is 2.10. The molecule has 0 saturated heterocycles. The van der Waals surface area contributed by atoms with Crippen LogP contribution in [0.2, 0.25) is 5.02 Å². The second kappa shape index (κ2) is 7.09. The molecule has 4 nitrogen and oxygen atoms in total. The van der Waals surface area contributed by atoms with Crippen molar-refractivity contribution in [1.82, 2.24) is 4.90 Å². The van der Waals surface area contributed by atoms with Crippen LogP contribution in [0.4, 0.5) is 5.69 Å². The first-order chi connectivity index (χ1) is 10.5. The van der Waals surface area contributed by atoms with Crippen LogP contribution in [0.5, 0.6) is 0 Å². The van der Waals surface area contributed by atoms with Crippen LogP contribution in [0.3, 0.4) is 0 Å². The number of carbonyl (C=O) groups excluding carboxylic acids is 2. The Balaban J connectivity index is 2.04. The van der Waals surface area contributed by atoms with Crippen molar-refractivity contribution < 1.29 is 9.59 Å². The van der Waals surface area contributed by atoms with Crippen LogP contribution >= 0.6 is 11.6 Å². The number of anilines is 1. The standard InChI is InChI=1S/C17H17ClN2O2/c1-20(2)17(22)13-4-3-5-15(11-13)19-16(21)10-12-6-8-14(18)9-7-12/h3-9,11H,10H2,1-2H3,(H,19,21). The fourth-order valence-corrected chi connectivity index (χ4v) is 2.11. The molecule has 2 amide bonds. The molecule has 0 aliphatic heterocycles. The average molecular weight is 317 g/mol. The van der Waals surface area contributed by atoms with E-state index in [1.807, 2.05) is 12.1 Å². The van der Waals surface area contributed by atoms with E-state index in [9.17, 15) is 9.59 Å². The van der Waals surface area contributed by atoms with Crippen LogP contribution in [-0.4, -0.2) is 30.8 Å². The molecule has 0 aliphatic carbocycles. The van der Waals surface area contributed by atoms with Gasteiger partial charge in [-0.2, -0.15) is 0 Å². The SMILES string of the molecule is CN(C)C(=O)c1cccc(NC(=O)Cc2ccc(Cl)cc2)c1. The Morgan fingerprint density at radius 3 is 2.41 bits per heavy atom. The second-order valence-corrected chi connectivity index (χ2v) is 5.57. The Hall–Kier alpha value is -2.33. The van der Waals surface area contributed by atoms with Gasteiger partial charge in [0.05, 0.1) is 6.42 Å². The van der Waals surface area contributed by atoms with Crippen molar-refractivity contribution in [2.45, 2.75) is 6.42 Å². The normalized spacial score (nSPS) is 10.1.